The number of esters is 2. The maximum atomic E-state index is 13.6. The SMILES string of the molecule is COC(=O)[C@H](OC(C)=O)[C@H]1C(C)(C)C(=O)C[C@@H]2O[C@@H]3C[C@@]4(C)[C@H](c5ccoc5)C[C@H](O)[C@]45O[C@]5(C)[C@@H]3[C@@]21C. The third-order valence-corrected chi connectivity index (χ3v) is 11.4. The molecular formula is C29H38O9. The molecule has 0 amide bonds. The third-order valence-electron chi connectivity index (χ3n) is 11.4. The third kappa shape index (κ3) is 2.80. The van der Waals surface area contributed by atoms with Crippen molar-refractivity contribution in [1.82, 2.24) is 0 Å². The highest BCUT2D eigenvalue weighted by molar-refractivity contribution is 5.88. The molecule has 5 fully saturated rings. The number of aliphatic hydroxyl groups is 1. The first-order valence-electron chi connectivity index (χ1n) is 13.5. The van der Waals surface area contributed by atoms with Crippen LogP contribution < -0.4 is 0 Å². The second-order valence-corrected chi connectivity index (χ2v) is 13.3. The lowest BCUT2D eigenvalue weighted by molar-refractivity contribution is -0.192. The van der Waals surface area contributed by atoms with Crippen molar-refractivity contribution in [3.05, 3.63) is 24.2 Å². The Morgan fingerprint density at radius 1 is 1.18 bits per heavy atom. The maximum Gasteiger partial charge on any atom is 0.347 e. The van der Waals surface area contributed by atoms with Gasteiger partial charge in [-0.25, -0.2) is 4.79 Å². The van der Waals surface area contributed by atoms with Crippen LogP contribution in [0, 0.1) is 28.1 Å². The molecule has 2 saturated heterocycles. The zero-order valence-electron chi connectivity index (χ0n) is 23.1. The number of methoxy groups -OCH3 is 1. The van der Waals surface area contributed by atoms with E-state index in [0.717, 1.165) is 5.56 Å². The van der Waals surface area contributed by atoms with Crippen LogP contribution in [0.5, 0.6) is 0 Å². The van der Waals surface area contributed by atoms with Gasteiger partial charge >= 0.3 is 11.9 Å². The number of epoxide rings is 1. The van der Waals surface area contributed by atoms with E-state index < -0.39 is 63.6 Å². The van der Waals surface area contributed by atoms with E-state index in [4.69, 9.17) is 23.4 Å². The quantitative estimate of drug-likeness (QED) is 0.462. The topological polar surface area (TPSA) is 125 Å². The molecule has 2 aliphatic heterocycles. The number of furan rings is 1. The van der Waals surface area contributed by atoms with Crippen molar-refractivity contribution in [3.63, 3.8) is 0 Å². The molecule has 0 aromatic carbocycles. The van der Waals surface area contributed by atoms with Crippen LogP contribution in [0.3, 0.4) is 0 Å². The molecule has 38 heavy (non-hydrogen) atoms. The summed E-state index contributed by atoms with van der Waals surface area (Å²) in [5.74, 6) is -2.35. The van der Waals surface area contributed by atoms with E-state index in [2.05, 4.69) is 6.92 Å². The summed E-state index contributed by atoms with van der Waals surface area (Å²) in [6.07, 6.45) is 1.95. The minimum absolute atomic E-state index is 0.00999. The van der Waals surface area contributed by atoms with Crippen LogP contribution in [0.2, 0.25) is 0 Å². The number of hydrogen-bond acceptors (Lipinski definition) is 9. The van der Waals surface area contributed by atoms with Gasteiger partial charge in [-0.1, -0.05) is 27.7 Å². The minimum atomic E-state index is -1.29. The Kier molecular flexibility index (Phi) is 5.27. The highest BCUT2D eigenvalue weighted by Crippen LogP contribution is 2.81. The lowest BCUT2D eigenvalue weighted by Crippen LogP contribution is -2.65. The molecule has 5 aliphatic rings. The molecule has 0 bridgehead atoms. The number of aliphatic hydroxyl groups excluding tert-OH is 1. The molecule has 9 nitrogen and oxygen atoms in total. The van der Waals surface area contributed by atoms with Crippen LogP contribution in [-0.2, 0) is 33.3 Å². The standard InChI is InChI=1S/C29H38O9/c1-14(30)36-21(24(33)34-7)23-25(2,3)18(31)11-20-27(23,5)22-17(37-20)12-26(4)16(15-8-9-35-13-15)10-19(32)29(26)28(22,6)38-29/h8-9,13,16-17,19-23,32H,10-12H2,1-7H3/t16-,17+,19-,20-,21+,22-,23-,26-,27+,28+,29-/m0/s1. The van der Waals surface area contributed by atoms with E-state index in [1.165, 1.54) is 14.0 Å². The molecule has 1 aromatic rings. The van der Waals surface area contributed by atoms with E-state index >= 15 is 0 Å². The lowest BCUT2D eigenvalue weighted by atomic mass is 9.44. The zero-order valence-corrected chi connectivity index (χ0v) is 23.1. The lowest BCUT2D eigenvalue weighted by Gasteiger charge is -2.56. The summed E-state index contributed by atoms with van der Waals surface area (Å²) < 4.78 is 29.7. The summed E-state index contributed by atoms with van der Waals surface area (Å²) in [6.45, 7) is 11.1. The summed E-state index contributed by atoms with van der Waals surface area (Å²) in [4.78, 5) is 38.9. The Hall–Kier alpha value is -2.23. The van der Waals surface area contributed by atoms with Gasteiger partial charge in [0.1, 0.15) is 17.0 Å². The molecule has 11 atom stereocenters. The molecule has 208 valence electrons. The highest BCUT2D eigenvalue weighted by Gasteiger charge is 2.91. The van der Waals surface area contributed by atoms with Gasteiger partial charge in [0.15, 0.2) is 0 Å². The van der Waals surface area contributed by atoms with Crippen molar-refractivity contribution in [2.24, 2.45) is 28.1 Å². The summed E-state index contributed by atoms with van der Waals surface area (Å²) in [5, 5.41) is 11.6. The first-order chi connectivity index (χ1) is 17.7. The minimum Gasteiger partial charge on any atom is -0.472 e. The van der Waals surface area contributed by atoms with Crippen molar-refractivity contribution in [2.45, 2.75) is 102 Å². The average molecular weight is 531 g/mol. The molecule has 6 rings (SSSR count). The summed E-state index contributed by atoms with van der Waals surface area (Å²) in [5.41, 5.74) is -2.81. The van der Waals surface area contributed by atoms with Crippen LogP contribution in [0.25, 0.3) is 0 Å². The molecule has 3 heterocycles. The first-order valence-corrected chi connectivity index (χ1v) is 13.5. The van der Waals surface area contributed by atoms with Crippen molar-refractivity contribution in [3.8, 4) is 0 Å². The highest BCUT2D eigenvalue weighted by atomic mass is 16.7. The second kappa shape index (κ2) is 7.70. The molecule has 1 spiro atoms. The largest absolute Gasteiger partial charge is 0.472 e. The molecule has 1 aromatic heterocycles. The molecule has 1 N–H and O–H groups in total. The van der Waals surface area contributed by atoms with Gasteiger partial charge in [0.05, 0.1) is 37.9 Å². The van der Waals surface area contributed by atoms with Gasteiger partial charge < -0.3 is 28.5 Å². The maximum absolute atomic E-state index is 13.6. The zero-order chi connectivity index (χ0) is 27.6. The van der Waals surface area contributed by atoms with E-state index in [-0.39, 0.29) is 30.1 Å². The van der Waals surface area contributed by atoms with Crippen molar-refractivity contribution in [2.75, 3.05) is 7.11 Å². The first kappa shape index (κ1) is 26.0. The molecule has 3 saturated carbocycles. The van der Waals surface area contributed by atoms with E-state index in [1.807, 2.05) is 33.8 Å². The van der Waals surface area contributed by atoms with Crippen molar-refractivity contribution >= 4 is 17.7 Å². The summed E-state index contributed by atoms with van der Waals surface area (Å²) in [6, 6.07) is 1.95. The van der Waals surface area contributed by atoms with E-state index in [0.29, 0.717) is 12.8 Å². The normalized spacial score (nSPS) is 48.8. The Bertz CT molecular complexity index is 1190. The second-order valence-electron chi connectivity index (χ2n) is 13.3. The average Bonchev–Trinajstić information content (AvgIpc) is 3.11. The van der Waals surface area contributed by atoms with Crippen LogP contribution in [0.4, 0.5) is 0 Å². The number of Topliss-reactive ketones (excluding diaryl/α,β-unsaturated/α-hetero) is 1. The Morgan fingerprint density at radius 3 is 2.50 bits per heavy atom. The van der Waals surface area contributed by atoms with Crippen molar-refractivity contribution in [1.29, 1.82) is 0 Å². The van der Waals surface area contributed by atoms with Gasteiger partial charge in [-0.15, -0.1) is 0 Å². The van der Waals surface area contributed by atoms with Gasteiger partial charge in [-0.2, -0.15) is 0 Å². The van der Waals surface area contributed by atoms with E-state index in [9.17, 15) is 19.5 Å². The molecule has 9 heteroatoms. The Labute approximate surface area is 222 Å². The molecular weight excluding hydrogens is 492 g/mol. The van der Waals surface area contributed by atoms with E-state index in [1.54, 1.807) is 12.5 Å². The predicted octanol–water partition coefficient (Wildman–Crippen LogP) is 3.18. The van der Waals surface area contributed by atoms with Crippen LogP contribution >= 0.6 is 0 Å². The van der Waals surface area contributed by atoms with Crippen LogP contribution in [0.15, 0.2) is 23.0 Å². The molecule has 0 unspecified atom stereocenters. The molecule has 3 aliphatic carbocycles. The number of carbonyl (C=O) groups is 3. The smallest absolute Gasteiger partial charge is 0.347 e. The fraction of sp³-hybridized carbons (Fsp3) is 0.759. The fourth-order valence-electron chi connectivity index (χ4n) is 10.1. The molecule has 0 radical (unpaired) electrons. The summed E-state index contributed by atoms with van der Waals surface area (Å²) in [7, 11) is 1.25. The number of carbonyl (C=O) groups excluding carboxylic acids is 3. The Balaban J connectivity index is 1.49. The Morgan fingerprint density at radius 2 is 1.89 bits per heavy atom. The predicted molar refractivity (Wildman–Crippen MR) is 132 cm³/mol. The van der Waals surface area contributed by atoms with Crippen LogP contribution in [-0.4, -0.2) is 65.6 Å². The number of ketones is 1. The van der Waals surface area contributed by atoms with Gasteiger partial charge in [-0.05, 0) is 37.3 Å². The van der Waals surface area contributed by atoms with Gasteiger partial charge in [0.25, 0.3) is 0 Å². The van der Waals surface area contributed by atoms with Crippen molar-refractivity contribution < 1.29 is 42.9 Å². The number of fused-ring (bicyclic) bond motifs is 4. The van der Waals surface area contributed by atoms with Crippen LogP contribution in [0.1, 0.15) is 72.3 Å². The monoisotopic (exact) mass is 530 g/mol. The summed E-state index contributed by atoms with van der Waals surface area (Å²) >= 11 is 0. The fourth-order valence-corrected chi connectivity index (χ4v) is 10.1. The van der Waals surface area contributed by atoms with Gasteiger partial charge in [0.2, 0.25) is 6.10 Å². The number of hydrogen-bond donors (Lipinski definition) is 1. The van der Waals surface area contributed by atoms with Gasteiger partial charge in [-0.3, -0.25) is 9.59 Å². The van der Waals surface area contributed by atoms with Gasteiger partial charge in [0, 0.05) is 41.4 Å². The number of ether oxygens (including phenoxy) is 4. The number of rotatable bonds is 4.